The molecule has 2 aromatic carbocycles. The maximum Gasteiger partial charge on any atom is 0.340 e. The molecule has 0 bridgehead atoms. The van der Waals surface area contributed by atoms with Crippen LogP contribution in [0.4, 0.5) is 5.69 Å². The Morgan fingerprint density at radius 1 is 0.938 bits per heavy atom. The number of likely N-dealkylation sites (N-methyl/N-ethyl adjacent to an activating group) is 1. The Morgan fingerprint density at radius 2 is 1.53 bits per heavy atom. The molecular weight excluding hydrogens is 428 g/mol. The fourth-order valence-electron chi connectivity index (χ4n) is 3.92. The Morgan fingerprint density at radius 3 is 2.19 bits per heavy atom. The summed E-state index contributed by atoms with van der Waals surface area (Å²) in [7, 11) is -0.855. The standard InChI is InChI=1S/C24H30N2O5S/c1-18-13-15-19(16-14-18)25(2)23(27)17-31-24(28)21-11-7-8-12-22(21)32(29,30)26(3)20-9-5-4-6-10-20/h4-12,18-19H,13-17H2,1-3H3. The zero-order valence-electron chi connectivity index (χ0n) is 18.7. The Hall–Kier alpha value is -2.87. The number of nitrogens with zero attached hydrogens (tertiary/aromatic N) is 2. The van der Waals surface area contributed by atoms with Gasteiger partial charge in [0.05, 0.1) is 11.3 Å². The highest BCUT2D eigenvalue weighted by Crippen LogP contribution is 2.27. The molecule has 0 radical (unpaired) electrons. The molecule has 0 atom stereocenters. The minimum Gasteiger partial charge on any atom is -0.452 e. The number of carbonyl (C=O) groups excluding carboxylic acids is 2. The van der Waals surface area contributed by atoms with Crippen LogP contribution in [0, 0.1) is 5.92 Å². The molecule has 0 heterocycles. The van der Waals surface area contributed by atoms with Gasteiger partial charge in [-0.2, -0.15) is 0 Å². The molecule has 0 unspecified atom stereocenters. The van der Waals surface area contributed by atoms with Crippen LogP contribution in [-0.2, 0) is 19.6 Å². The summed E-state index contributed by atoms with van der Waals surface area (Å²) in [6, 6.07) is 14.6. The van der Waals surface area contributed by atoms with Crippen molar-refractivity contribution >= 4 is 27.6 Å². The second-order valence-electron chi connectivity index (χ2n) is 8.30. The molecule has 1 aliphatic rings. The fraction of sp³-hybridized carbons (Fsp3) is 0.417. The molecule has 2 aromatic rings. The average Bonchev–Trinajstić information content (AvgIpc) is 2.82. The lowest BCUT2D eigenvalue weighted by Crippen LogP contribution is -2.41. The van der Waals surface area contributed by atoms with Gasteiger partial charge in [0.1, 0.15) is 4.90 Å². The quantitative estimate of drug-likeness (QED) is 0.591. The summed E-state index contributed by atoms with van der Waals surface area (Å²) in [6.07, 6.45) is 4.01. The van der Waals surface area contributed by atoms with E-state index in [1.54, 1.807) is 54.4 Å². The molecule has 8 heteroatoms. The largest absolute Gasteiger partial charge is 0.452 e. The van der Waals surface area contributed by atoms with Gasteiger partial charge >= 0.3 is 5.97 Å². The molecule has 0 saturated heterocycles. The van der Waals surface area contributed by atoms with Crippen molar-refractivity contribution < 1.29 is 22.7 Å². The van der Waals surface area contributed by atoms with Gasteiger partial charge in [0.15, 0.2) is 6.61 Å². The molecule has 0 spiro atoms. The number of para-hydroxylation sites is 1. The van der Waals surface area contributed by atoms with E-state index in [0.717, 1.165) is 30.0 Å². The Balaban J connectivity index is 1.71. The maximum absolute atomic E-state index is 13.2. The summed E-state index contributed by atoms with van der Waals surface area (Å²) < 4.78 is 32.7. The van der Waals surface area contributed by atoms with E-state index in [1.165, 1.54) is 19.2 Å². The van der Waals surface area contributed by atoms with Crippen LogP contribution < -0.4 is 4.31 Å². The zero-order valence-corrected chi connectivity index (χ0v) is 19.5. The maximum atomic E-state index is 13.2. The summed E-state index contributed by atoms with van der Waals surface area (Å²) in [6.45, 7) is 1.78. The van der Waals surface area contributed by atoms with Crippen molar-refractivity contribution in [3.05, 3.63) is 60.2 Å². The van der Waals surface area contributed by atoms with Crippen LogP contribution in [0.3, 0.4) is 0 Å². The number of anilines is 1. The molecule has 1 amide bonds. The van der Waals surface area contributed by atoms with Crippen LogP contribution in [0.1, 0.15) is 43.0 Å². The van der Waals surface area contributed by atoms with Gasteiger partial charge in [-0.15, -0.1) is 0 Å². The lowest BCUT2D eigenvalue weighted by atomic mass is 9.87. The highest BCUT2D eigenvalue weighted by molar-refractivity contribution is 7.92. The highest BCUT2D eigenvalue weighted by Gasteiger charge is 2.29. The number of carbonyl (C=O) groups is 2. The number of amides is 1. The van der Waals surface area contributed by atoms with Crippen molar-refractivity contribution in [3.8, 4) is 0 Å². The molecule has 32 heavy (non-hydrogen) atoms. The summed E-state index contributed by atoms with van der Waals surface area (Å²) in [5, 5.41) is 0. The molecule has 1 fully saturated rings. The number of benzene rings is 2. The van der Waals surface area contributed by atoms with E-state index in [0.29, 0.717) is 11.6 Å². The summed E-state index contributed by atoms with van der Waals surface area (Å²) >= 11 is 0. The van der Waals surface area contributed by atoms with Crippen molar-refractivity contribution in [3.63, 3.8) is 0 Å². The summed E-state index contributed by atoms with van der Waals surface area (Å²) in [4.78, 5) is 26.8. The van der Waals surface area contributed by atoms with Gasteiger partial charge in [-0.3, -0.25) is 9.10 Å². The Kier molecular flexibility index (Phi) is 7.56. The smallest absolute Gasteiger partial charge is 0.340 e. The van der Waals surface area contributed by atoms with E-state index in [9.17, 15) is 18.0 Å². The highest BCUT2D eigenvalue weighted by atomic mass is 32.2. The number of esters is 1. The molecular formula is C24H30N2O5S. The van der Waals surface area contributed by atoms with Gasteiger partial charge in [0.2, 0.25) is 0 Å². The second kappa shape index (κ2) is 10.2. The molecule has 1 aliphatic carbocycles. The lowest BCUT2D eigenvalue weighted by Gasteiger charge is -2.33. The van der Waals surface area contributed by atoms with Gasteiger partial charge in [0.25, 0.3) is 15.9 Å². The van der Waals surface area contributed by atoms with Gasteiger partial charge in [0, 0.05) is 20.1 Å². The van der Waals surface area contributed by atoms with Crippen molar-refractivity contribution in [2.75, 3.05) is 25.0 Å². The van der Waals surface area contributed by atoms with E-state index in [2.05, 4.69) is 6.92 Å². The van der Waals surface area contributed by atoms with E-state index >= 15 is 0 Å². The molecule has 0 N–H and O–H groups in total. The average molecular weight is 459 g/mol. The van der Waals surface area contributed by atoms with Gasteiger partial charge < -0.3 is 9.64 Å². The normalized spacial score (nSPS) is 18.6. The van der Waals surface area contributed by atoms with E-state index < -0.39 is 22.6 Å². The van der Waals surface area contributed by atoms with Crippen LogP contribution in [0.2, 0.25) is 0 Å². The number of hydrogen-bond acceptors (Lipinski definition) is 5. The topological polar surface area (TPSA) is 84.0 Å². The lowest BCUT2D eigenvalue weighted by molar-refractivity contribution is -0.136. The third-order valence-corrected chi connectivity index (χ3v) is 7.96. The van der Waals surface area contributed by atoms with Crippen LogP contribution in [0.15, 0.2) is 59.5 Å². The minimum absolute atomic E-state index is 0.0998. The van der Waals surface area contributed by atoms with Crippen molar-refractivity contribution in [1.82, 2.24) is 4.90 Å². The molecule has 172 valence electrons. The Labute approximate surface area is 190 Å². The van der Waals surface area contributed by atoms with Crippen LogP contribution >= 0.6 is 0 Å². The summed E-state index contributed by atoms with van der Waals surface area (Å²) in [5.74, 6) is -0.468. The molecule has 0 aromatic heterocycles. The van der Waals surface area contributed by atoms with Crippen molar-refractivity contribution in [1.29, 1.82) is 0 Å². The van der Waals surface area contributed by atoms with E-state index in [1.807, 2.05) is 0 Å². The third-order valence-electron chi connectivity index (χ3n) is 6.12. The number of hydrogen-bond donors (Lipinski definition) is 0. The van der Waals surface area contributed by atoms with Gasteiger partial charge in [-0.05, 0) is 55.9 Å². The first-order valence-corrected chi connectivity index (χ1v) is 12.2. The first-order chi connectivity index (χ1) is 15.2. The van der Waals surface area contributed by atoms with Crippen LogP contribution in [0.25, 0.3) is 0 Å². The van der Waals surface area contributed by atoms with E-state index in [4.69, 9.17) is 4.74 Å². The van der Waals surface area contributed by atoms with Gasteiger partial charge in [-0.25, -0.2) is 13.2 Å². The van der Waals surface area contributed by atoms with Crippen molar-refractivity contribution in [2.45, 2.75) is 43.5 Å². The fourth-order valence-corrected chi connectivity index (χ4v) is 5.30. The minimum atomic E-state index is -4.01. The summed E-state index contributed by atoms with van der Waals surface area (Å²) in [5.41, 5.74) is 0.367. The van der Waals surface area contributed by atoms with Crippen molar-refractivity contribution in [2.24, 2.45) is 5.92 Å². The predicted octanol–water partition coefficient (Wildman–Crippen LogP) is 3.71. The number of rotatable bonds is 7. The molecule has 1 saturated carbocycles. The van der Waals surface area contributed by atoms with E-state index in [-0.39, 0.29) is 22.4 Å². The monoisotopic (exact) mass is 458 g/mol. The predicted molar refractivity (Wildman–Crippen MR) is 123 cm³/mol. The van der Waals surface area contributed by atoms with Gasteiger partial charge in [-0.1, -0.05) is 37.3 Å². The number of ether oxygens (including phenoxy) is 1. The molecule has 3 rings (SSSR count). The number of sulfonamides is 1. The first kappa shape index (κ1) is 23.8. The third kappa shape index (κ3) is 5.30. The van der Waals surface area contributed by atoms with Crippen LogP contribution in [0.5, 0.6) is 0 Å². The second-order valence-corrected chi connectivity index (χ2v) is 10.2. The SMILES string of the molecule is CC1CCC(N(C)C(=O)COC(=O)c2ccccc2S(=O)(=O)N(C)c2ccccc2)CC1. The first-order valence-electron chi connectivity index (χ1n) is 10.8. The zero-order chi connectivity index (χ0) is 23.3. The Bertz CT molecular complexity index is 1050. The van der Waals surface area contributed by atoms with Crippen LogP contribution in [-0.4, -0.2) is 51.9 Å². The molecule has 0 aliphatic heterocycles. The molecule has 7 nitrogen and oxygen atoms in total.